The molecular formula is C14H16N2O3. The molecule has 5 nitrogen and oxygen atoms in total. The fourth-order valence-corrected chi connectivity index (χ4v) is 1.82. The van der Waals surface area contributed by atoms with Crippen molar-refractivity contribution in [3.63, 3.8) is 0 Å². The fourth-order valence-electron chi connectivity index (χ4n) is 1.82. The molecule has 1 aliphatic carbocycles. The summed E-state index contributed by atoms with van der Waals surface area (Å²) in [6.45, 7) is 2.00. The number of ether oxygens (including phenoxy) is 1. The van der Waals surface area contributed by atoms with Gasteiger partial charge < -0.3 is 14.4 Å². The van der Waals surface area contributed by atoms with Gasteiger partial charge in [0.1, 0.15) is 5.75 Å². The van der Waals surface area contributed by atoms with Gasteiger partial charge in [0.2, 0.25) is 0 Å². The van der Waals surface area contributed by atoms with E-state index in [0.29, 0.717) is 11.8 Å². The molecule has 0 saturated heterocycles. The van der Waals surface area contributed by atoms with Crippen LogP contribution in [0.4, 0.5) is 0 Å². The lowest BCUT2D eigenvalue weighted by molar-refractivity contribution is 0.199. The number of rotatable bonds is 5. The lowest BCUT2D eigenvalue weighted by Gasteiger charge is -2.06. The fraction of sp³-hybridized carbons (Fsp3) is 0.429. The van der Waals surface area contributed by atoms with Gasteiger partial charge >= 0.3 is 0 Å². The molecule has 1 fully saturated rings. The minimum Gasteiger partial charge on any atom is -0.484 e. The van der Waals surface area contributed by atoms with Gasteiger partial charge in [-0.3, -0.25) is 0 Å². The molecular weight excluding hydrogens is 244 g/mol. The van der Waals surface area contributed by atoms with Gasteiger partial charge in [-0.1, -0.05) is 17.3 Å². The number of hydrogen-bond donors (Lipinski definition) is 1. The first kappa shape index (κ1) is 12.2. The maximum absolute atomic E-state index is 9.41. The van der Waals surface area contributed by atoms with Gasteiger partial charge in [0.25, 0.3) is 5.89 Å². The van der Waals surface area contributed by atoms with Crippen LogP contribution in [0, 0.1) is 0 Å². The minimum absolute atomic E-state index is 0.272. The molecule has 2 aromatic rings. The van der Waals surface area contributed by atoms with Crippen LogP contribution in [-0.2, 0) is 6.61 Å². The third kappa shape index (κ3) is 2.93. The Morgan fingerprint density at radius 2 is 2.11 bits per heavy atom. The molecule has 1 aromatic carbocycles. The van der Waals surface area contributed by atoms with Gasteiger partial charge in [-0.25, -0.2) is 0 Å². The van der Waals surface area contributed by atoms with Crippen molar-refractivity contribution >= 4 is 0 Å². The first-order valence-electron chi connectivity index (χ1n) is 6.45. The average molecular weight is 260 g/mol. The Morgan fingerprint density at radius 1 is 1.37 bits per heavy atom. The standard InChI is InChI=1S/C14H16N2O3/c1-9(17)10-4-6-12(7-5-10)18-8-13-15-14(16-19-13)11-2-3-11/h4-7,9,11,17H,2-3,8H2,1H3/t9-/m0/s1. The van der Waals surface area contributed by atoms with Crippen LogP contribution in [0.25, 0.3) is 0 Å². The molecule has 0 bridgehead atoms. The summed E-state index contributed by atoms with van der Waals surface area (Å²) in [6, 6.07) is 7.31. The van der Waals surface area contributed by atoms with Crippen LogP contribution in [-0.4, -0.2) is 15.2 Å². The van der Waals surface area contributed by atoms with Crippen LogP contribution in [0.15, 0.2) is 28.8 Å². The molecule has 1 N–H and O–H groups in total. The molecule has 19 heavy (non-hydrogen) atoms. The van der Waals surface area contributed by atoms with E-state index in [1.54, 1.807) is 6.92 Å². The summed E-state index contributed by atoms with van der Waals surface area (Å²) in [4.78, 5) is 4.29. The van der Waals surface area contributed by atoms with Crippen LogP contribution in [0.2, 0.25) is 0 Å². The number of aromatic nitrogens is 2. The summed E-state index contributed by atoms with van der Waals surface area (Å²) in [6.07, 6.45) is 1.84. The van der Waals surface area contributed by atoms with E-state index in [0.717, 1.165) is 30.0 Å². The zero-order chi connectivity index (χ0) is 13.2. The monoisotopic (exact) mass is 260 g/mol. The summed E-state index contributed by atoms with van der Waals surface area (Å²) in [5.74, 6) is 2.50. The highest BCUT2D eigenvalue weighted by Gasteiger charge is 2.28. The summed E-state index contributed by atoms with van der Waals surface area (Å²) in [5, 5.41) is 13.3. The maximum Gasteiger partial charge on any atom is 0.264 e. The Balaban J connectivity index is 1.58. The van der Waals surface area contributed by atoms with E-state index >= 15 is 0 Å². The molecule has 1 saturated carbocycles. The predicted octanol–water partition coefficient (Wildman–Crippen LogP) is 2.58. The van der Waals surface area contributed by atoms with E-state index < -0.39 is 6.10 Å². The summed E-state index contributed by atoms with van der Waals surface area (Å²) in [5.41, 5.74) is 0.862. The summed E-state index contributed by atoms with van der Waals surface area (Å²) in [7, 11) is 0. The molecule has 1 aromatic heterocycles. The zero-order valence-corrected chi connectivity index (χ0v) is 10.7. The second-order valence-electron chi connectivity index (χ2n) is 4.85. The van der Waals surface area contributed by atoms with E-state index in [9.17, 15) is 5.11 Å². The van der Waals surface area contributed by atoms with Crippen molar-refractivity contribution in [2.24, 2.45) is 0 Å². The van der Waals surface area contributed by atoms with Gasteiger partial charge in [0.05, 0.1) is 6.10 Å². The highest BCUT2D eigenvalue weighted by molar-refractivity contribution is 5.28. The van der Waals surface area contributed by atoms with Crippen LogP contribution in [0.1, 0.15) is 49.1 Å². The van der Waals surface area contributed by atoms with E-state index in [4.69, 9.17) is 9.26 Å². The van der Waals surface area contributed by atoms with Crippen LogP contribution < -0.4 is 4.74 Å². The molecule has 0 aliphatic heterocycles. The molecule has 100 valence electrons. The molecule has 0 unspecified atom stereocenters. The predicted molar refractivity (Wildman–Crippen MR) is 67.7 cm³/mol. The Kier molecular flexibility index (Phi) is 3.21. The quantitative estimate of drug-likeness (QED) is 0.894. The second kappa shape index (κ2) is 5.01. The average Bonchev–Trinajstić information content (AvgIpc) is 3.16. The molecule has 1 heterocycles. The van der Waals surface area contributed by atoms with Crippen LogP contribution in [0.3, 0.4) is 0 Å². The van der Waals surface area contributed by atoms with Crippen molar-refractivity contribution in [1.82, 2.24) is 10.1 Å². The van der Waals surface area contributed by atoms with E-state index in [2.05, 4.69) is 10.1 Å². The molecule has 0 amide bonds. The number of hydrogen-bond acceptors (Lipinski definition) is 5. The lowest BCUT2D eigenvalue weighted by atomic mass is 10.1. The van der Waals surface area contributed by atoms with Crippen molar-refractivity contribution in [2.75, 3.05) is 0 Å². The van der Waals surface area contributed by atoms with Crippen molar-refractivity contribution < 1.29 is 14.4 Å². The van der Waals surface area contributed by atoms with Gasteiger partial charge in [-0.05, 0) is 37.5 Å². The Labute approximate surface area is 111 Å². The van der Waals surface area contributed by atoms with Crippen molar-refractivity contribution in [3.8, 4) is 5.75 Å². The SMILES string of the molecule is C[C@H](O)c1ccc(OCc2nc(C3CC3)no2)cc1. The lowest BCUT2D eigenvalue weighted by Crippen LogP contribution is -1.97. The first-order chi connectivity index (χ1) is 9.22. The second-order valence-corrected chi connectivity index (χ2v) is 4.85. The summed E-state index contributed by atoms with van der Waals surface area (Å²) >= 11 is 0. The highest BCUT2D eigenvalue weighted by atomic mass is 16.5. The minimum atomic E-state index is -0.467. The van der Waals surface area contributed by atoms with Gasteiger partial charge in [-0.2, -0.15) is 4.98 Å². The zero-order valence-electron chi connectivity index (χ0n) is 10.7. The number of nitrogens with zero attached hydrogens (tertiary/aromatic N) is 2. The smallest absolute Gasteiger partial charge is 0.264 e. The molecule has 5 heteroatoms. The van der Waals surface area contributed by atoms with Gasteiger partial charge in [-0.15, -0.1) is 0 Å². The Bertz CT molecular complexity index is 544. The summed E-state index contributed by atoms with van der Waals surface area (Å²) < 4.78 is 10.7. The Hall–Kier alpha value is -1.88. The van der Waals surface area contributed by atoms with Crippen LogP contribution >= 0.6 is 0 Å². The van der Waals surface area contributed by atoms with Crippen molar-refractivity contribution in [2.45, 2.75) is 38.4 Å². The van der Waals surface area contributed by atoms with Crippen molar-refractivity contribution in [3.05, 3.63) is 41.5 Å². The molecule has 1 aliphatic rings. The van der Waals surface area contributed by atoms with E-state index in [1.165, 1.54) is 0 Å². The first-order valence-corrected chi connectivity index (χ1v) is 6.45. The maximum atomic E-state index is 9.41. The van der Waals surface area contributed by atoms with Crippen molar-refractivity contribution in [1.29, 1.82) is 0 Å². The number of aliphatic hydroxyl groups is 1. The van der Waals surface area contributed by atoms with Gasteiger partial charge in [0.15, 0.2) is 12.4 Å². The third-order valence-corrected chi connectivity index (χ3v) is 3.15. The molecule has 0 spiro atoms. The van der Waals surface area contributed by atoms with E-state index in [1.807, 2.05) is 24.3 Å². The van der Waals surface area contributed by atoms with Crippen LogP contribution in [0.5, 0.6) is 5.75 Å². The van der Waals surface area contributed by atoms with Gasteiger partial charge in [0, 0.05) is 5.92 Å². The largest absolute Gasteiger partial charge is 0.484 e. The topological polar surface area (TPSA) is 68.4 Å². The number of aliphatic hydroxyl groups excluding tert-OH is 1. The third-order valence-electron chi connectivity index (χ3n) is 3.15. The van der Waals surface area contributed by atoms with E-state index in [-0.39, 0.29) is 6.61 Å². The molecule has 3 rings (SSSR count). The highest BCUT2D eigenvalue weighted by Crippen LogP contribution is 2.38. The molecule has 1 atom stereocenters. The molecule has 0 radical (unpaired) electrons. The Morgan fingerprint density at radius 3 is 2.74 bits per heavy atom. The number of benzene rings is 1. The normalized spacial score (nSPS) is 16.3.